The molecule has 1 aromatic carbocycles. The summed E-state index contributed by atoms with van der Waals surface area (Å²) < 4.78 is 2.18. The van der Waals surface area contributed by atoms with Crippen molar-refractivity contribution in [1.82, 2.24) is 9.55 Å². The standard InChI is InChI=1S/C12H15ClN2/c1-4-15-11-7-8(2)5-6-10(11)14-12(15)9(3)13/h5-7,9H,4H2,1-3H3. The number of nitrogens with zero attached hydrogens (tertiary/aromatic N) is 2. The van der Waals surface area contributed by atoms with Crippen LogP contribution in [0.1, 0.15) is 30.6 Å². The van der Waals surface area contributed by atoms with Crippen LogP contribution in [0, 0.1) is 6.92 Å². The van der Waals surface area contributed by atoms with E-state index in [1.807, 2.05) is 6.92 Å². The van der Waals surface area contributed by atoms with Crippen LogP contribution in [0.15, 0.2) is 18.2 Å². The van der Waals surface area contributed by atoms with Crippen LogP contribution in [0.3, 0.4) is 0 Å². The van der Waals surface area contributed by atoms with E-state index in [4.69, 9.17) is 11.6 Å². The van der Waals surface area contributed by atoms with Crippen molar-refractivity contribution in [2.45, 2.75) is 32.7 Å². The lowest BCUT2D eigenvalue weighted by molar-refractivity contribution is 0.717. The average Bonchev–Trinajstić information content (AvgIpc) is 2.55. The van der Waals surface area contributed by atoms with E-state index >= 15 is 0 Å². The molecule has 0 fully saturated rings. The molecule has 2 rings (SSSR count). The maximum absolute atomic E-state index is 6.11. The molecule has 0 radical (unpaired) electrons. The number of alkyl halides is 1. The van der Waals surface area contributed by atoms with Crippen molar-refractivity contribution in [1.29, 1.82) is 0 Å². The quantitative estimate of drug-likeness (QED) is 0.709. The fraction of sp³-hybridized carbons (Fsp3) is 0.417. The molecular formula is C12H15ClN2. The van der Waals surface area contributed by atoms with Crippen molar-refractivity contribution in [2.24, 2.45) is 0 Å². The van der Waals surface area contributed by atoms with Crippen LogP contribution in [0.5, 0.6) is 0 Å². The van der Waals surface area contributed by atoms with Gasteiger partial charge in [-0.2, -0.15) is 0 Å². The minimum absolute atomic E-state index is 0.0438. The van der Waals surface area contributed by atoms with Crippen LogP contribution in [-0.2, 0) is 6.54 Å². The Morgan fingerprint density at radius 3 is 2.80 bits per heavy atom. The molecule has 2 aromatic rings. The van der Waals surface area contributed by atoms with Gasteiger partial charge in [0.1, 0.15) is 5.82 Å². The Bertz CT molecular complexity index is 486. The summed E-state index contributed by atoms with van der Waals surface area (Å²) in [6, 6.07) is 6.30. The van der Waals surface area contributed by atoms with Gasteiger partial charge in [0.05, 0.1) is 16.4 Å². The highest BCUT2D eigenvalue weighted by Gasteiger charge is 2.13. The minimum Gasteiger partial charge on any atom is -0.327 e. The van der Waals surface area contributed by atoms with Crippen molar-refractivity contribution in [2.75, 3.05) is 0 Å². The maximum Gasteiger partial charge on any atom is 0.127 e. The largest absolute Gasteiger partial charge is 0.327 e. The Kier molecular flexibility index (Phi) is 2.70. The molecule has 0 saturated carbocycles. The van der Waals surface area contributed by atoms with E-state index in [9.17, 15) is 0 Å². The zero-order valence-electron chi connectivity index (χ0n) is 9.29. The second-order valence-corrected chi connectivity index (χ2v) is 4.48. The van der Waals surface area contributed by atoms with Crippen molar-refractivity contribution in [3.05, 3.63) is 29.6 Å². The van der Waals surface area contributed by atoms with Crippen molar-refractivity contribution >= 4 is 22.6 Å². The van der Waals surface area contributed by atoms with Gasteiger partial charge in [0.15, 0.2) is 0 Å². The Balaban J connectivity index is 2.74. The second-order valence-electron chi connectivity index (χ2n) is 3.82. The maximum atomic E-state index is 6.11. The monoisotopic (exact) mass is 222 g/mol. The van der Waals surface area contributed by atoms with E-state index in [0.717, 1.165) is 17.9 Å². The van der Waals surface area contributed by atoms with Crippen molar-refractivity contribution in [3.63, 3.8) is 0 Å². The third-order valence-corrected chi connectivity index (χ3v) is 2.80. The van der Waals surface area contributed by atoms with Gasteiger partial charge in [-0.1, -0.05) is 6.07 Å². The molecule has 1 heterocycles. The lowest BCUT2D eigenvalue weighted by atomic mass is 10.2. The molecule has 15 heavy (non-hydrogen) atoms. The number of hydrogen-bond acceptors (Lipinski definition) is 1. The first kappa shape index (κ1) is 10.5. The molecule has 0 aliphatic rings. The van der Waals surface area contributed by atoms with Crippen LogP contribution >= 0.6 is 11.6 Å². The fourth-order valence-electron chi connectivity index (χ4n) is 1.89. The Morgan fingerprint density at radius 1 is 1.47 bits per heavy atom. The van der Waals surface area contributed by atoms with Crippen LogP contribution in [0.25, 0.3) is 11.0 Å². The van der Waals surface area contributed by atoms with E-state index < -0.39 is 0 Å². The summed E-state index contributed by atoms with van der Waals surface area (Å²) in [6.07, 6.45) is 0. The fourth-order valence-corrected chi connectivity index (χ4v) is 2.05. The lowest BCUT2D eigenvalue weighted by Crippen LogP contribution is -2.01. The van der Waals surface area contributed by atoms with Crippen LogP contribution in [0.4, 0.5) is 0 Å². The smallest absolute Gasteiger partial charge is 0.127 e. The zero-order chi connectivity index (χ0) is 11.0. The number of halogens is 1. The van der Waals surface area contributed by atoms with Crippen LogP contribution in [0.2, 0.25) is 0 Å². The molecule has 1 unspecified atom stereocenters. The lowest BCUT2D eigenvalue weighted by Gasteiger charge is -2.07. The number of benzene rings is 1. The highest BCUT2D eigenvalue weighted by molar-refractivity contribution is 6.20. The molecule has 1 aromatic heterocycles. The van der Waals surface area contributed by atoms with Gasteiger partial charge in [-0.25, -0.2) is 4.98 Å². The normalized spacial score (nSPS) is 13.3. The van der Waals surface area contributed by atoms with E-state index in [0.29, 0.717) is 0 Å². The molecule has 0 saturated heterocycles. The second kappa shape index (κ2) is 3.86. The Morgan fingerprint density at radius 2 is 2.20 bits per heavy atom. The van der Waals surface area contributed by atoms with Gasteiger partial charge in [-0.3, -0.25) is 0 Å². The van der Waals surface area contributed by atoms with Crippen LogP contribution < -0.4 is 0 Å². The summed E-state index contributed by atoms with van der Waals surface area (Å²) in [7, 11) is 0. The van der Waals surface area contributed by atoms with Gasteiger partial charge in [0.25, 0.3) is 0 Å². The van der Waals surface area contributed by atoms with Gasteiger partial charge >= 0.3 is 0 Å². The first-order chi connectivity index (χ1) is 7.13. The van der Waals surface area contributed by atoms with Gasteiger partial charge < -0.3 is 4.57 Å². The first-order valence-corrected chi connectivity index (χ1v) is 5.68. The number of rotatable bonds is 2. The number of aromatic nitrogens is 2. The first-order valence-electron chi connectivity index (χ1n) is 5.24. The predicted octanol–water partition coefficient (Wildman–Crippen LogP) is 3.66. The van der Waals surface area contributed by atoms with Gasteiger partial charge in [-0.15, -0.1) is 11.6 Å². The zero-order valence-corrected chi connectivity index (χ0v) is 10.0. The molecule has 0 aliphatic heterocycles. The molecule has 0 bridgehead atoms. The van der Waals surface area contributed by atoms with E-state index in [1.165, 1.54) is 11.1 Å². The third kappa shape index (κ3) is 1.74. The number of hydrogen-bond donors (Lipinski definition) is 0. The summed E-state index contributed by atoms with van der Waals surface area (Å²) in [5.74, 6) is 0.958. The molecular weight excluding hydrogens is 208 g/mol. The third-order valence-electron chi connectivity index (χ3n) is 2.61. The Hall–Kier alpha value is -1.02. The van der Waals surface area contributed by atoms with E-state index in [2.05, 4.69) is 41.6 Å². The van der Waals surface area contributed by atoms with Gasteiger partial charge in [0.2, 0.25) is 0 Å². The molecule has 0 N–H and O–H groups in total. The van der Waals surface area contributed by atoms with Crippen molar-refractivity contribution in [3.8, 4) is 0 Å². The van der Waals surface area contributed by atoms with Gasteiger partial charge in [-0.05, 0) is 38.5 Å². The summed E-state index contributed by atoms with van der Waals surface area (Å²) in [5, 5.41) is -0.0438. The highest BCUT2D eigenvalue weighted by atomic mass is 35.5. The topological polar surface area (TPSA) is 17.8 Å². The highest BCUT2D eigenvalue weighted by Crippen LogP contribution is 2.24. The van der Waals surface area contributed by atoms with E-state index in [1.54, 1.807) is 0 Å². The molecule has 80 valence electrons. The molecule has 0 amide bonds. The van der Waals surface area contributed by atoms with Crippen LogP contribution in [-0.4, -0.2) is 9.55 Å². The average molecular weight is 223 g/mol. The molecule has 0 aliphatic carbocycles. The molecule has 0 spiro atoms. The minimum atomic E-state index is -0.0438. The SMILES string of the molecule is CCn1c(C(C)Cl)nc2ccc(C)cc21. The Labute approximate surface area is 94.9 Å². The summed E-state index contributed by atoms with van der Waals surface area (Å²) in [6.45, 7) is 7.08. The van der Waals surface area contributed by atoms with Gasteiger partial charge in [0, 0.05) is 6.54 Å². The van der Waals surface area contributed by atoms with E-state index in [-0.39, 0.29) is 5.38 Å². The summed E-state index contributed by atoms with van der Waals surface area (Å²) in [4.78, 5) is 4.56. The number of imidazole rings is 1. The van der Waals surface area contributed by atoms with Crippen molar-refractivity contribution < 1.29 is 0 Å². The molecule has 3 heteroatoms. The predicted molar refractivity (Wildman–Crippen MR) is 64.4 cm³/mol. The summed E-state index contributed by atoms with van der Waals surface area (Å²) >= 11 is 6.11. The summed E-state index contributed by atoms with van der Waals surface area (Å²) in [5.41, 5.74) is 3.47. The number of aryl methyl sites for hydroxylation is 2. The molecule has 1 atom stereocenters. The molecule has 2 nitrogen and oxygen atoms in total. The number of fused-ring (bicyclic) bond motifs is 1.